The average Bonchev–Trinajstić information content (AvgIpc) is 3.81. The zero-order chi connectivity index (χ0) is 42.0. The molecule has 10 rings (SSSR count). The molecule has 0 amide bonds. The molecule has 0 saturated carbocycles. The van der Waals surface area contributed by atoms with Crippen molar-refractivity contribution >= 4 is 100.0 Å². The minimum Gasteiger partial charge on any atom is -0.308 e. The molecule has 0 aliphatic heterocycles. The number of hydrogen-bond donors (Lipinski definition) is 4. The molecule has 0 fully saturated rings. The van der Waals surface area contributed by atoms with Crippen LogP contribution >= 0.6 is 50.5 Å². The van der Waals surface area contributed by atoms with Crippen molar-refractivity contribution < 1.29 is 0 Å². The first-order chi connectivity index (χ1) is 29.8. The van der Waals surface area contributed by atoms with Crippen molar-refractivity contribution in [3.8, 4) is 33.6 Å². The summed E-state index contributed by atoms with van der Waals surface area (Å²) in [5, 5.41) is 2.27. The summed E-state index contributed by atoms with van der Waals surface area (Å²) < 4.78 is 4.56. The second-order valence-corrected chi connectivity index (χ2v) is 16.7. The van der Waals surface area contributed by atoms with E-state index >= 15 is 0 Å². The molecular formula is C51H40N6S4. The van der Waals surface area contributed by atoms with Gasteiger partial charge in [0.2, 0.25) is 0 Å². The fourth-order valence-corrected chi connectivity index (χ4v) is 8.52. The van der Waals surface area contributed by atoms with Gasteiger partial charge in [0.05, 0.1) is 33.1 Å². The molecule has 0 N–H and O–H groups in total. The molecule has 0 atom stereocenters. The Hall–Kier alpha value is -6.04. The highest BCUT2D eigenvalue weighted by atomic mass is 32.1. The van der Waals surface area contributed by atoms with Gasteiger partial charge in [-0.25, -0.2) is 0 Å². The van der Waals surface area contributed by atoms with Crippen LogP contribution in [0.25, 0.3) is 83.1 Å². The number of hydrogen-bond acceptors (Lipinski definition) is 8. The van der Waals surface area contributed by atoms with Crippen LogP contribution in [0.2, 0.25) is 0 Å². The van der Waals surface area contributed by atoms with Gasteiger partial charge in [0.15, 0.2) is 0 Å². The molecule has 298 valence electrons. The molecular weight excluding hydrogens is 825 g/mol. The van der Waals surface area contributed by atoms with Crippen molar-refractivity contribution in [2.75, 3.05) is 0 Å². The molecule has 6 heterocycles. The van der Waals surface area contributed by atoms with Crippen molar-refractivity contribution in [1.29, 1.82) is 0 Å². The van der Waals surface area contributed by atoms with Gasteiger partial charge < -0.3 is 9.13 Å². The number of thiol groups is 4. The highest BCUT2D eigenvalue weighted by molar-refractivity contribution is 7.84. The number of aromatic nitrogens is 6. The summed E-state index contributed by atoms with van der Waals surface area (Å²) in [5.41, 5.74) is 15.1. The fraction of sp³-hybridized carbons (Fsp3) is 0.0588. The highest BCUT2D eigenvalue weighted by Crippen LogP contribution is 2.37. The van der Waals surface area contributed by atoms with Crippen molar-refractivity contribution in [2.45, 2.75) is 35.0 Å². The molecule has 0 bridgehead atoms. The van der Waals surface area contributed by atoms with Gasteiger partial charge in [-0.15, -0.1) is 50.5 Å². The van der Waals surface area contributed by atoms with Crippen LogP contribution in [0.4, 0.5) is 0 Å². The molecule has 6 aromatic heterocycles. The number of allylic oxidation sites excluding steroid dienone is 4. The second-order valence-electron chi connectivity index (χ2n) is 14.5. The topological polar surface area (TPSA) is 61.4 Å². The number of benzene rings is 4. The molecule has 0 aliphatic carbocycles. The maximum Gasteiger partial charge on any atom is 0.0964 e. The average molecular weight is 865 g/mol. The minimum absolute atomic E-state index is 0.832. The van der Waals surface area contributed by atoms with Crippen LogP contribution in [0.3, 0.4) is 0 Å². The third-order valence-corrected chi connectivity index (χ3v) is 11.9. The van der Waals surface area contributed by atoms with E-state index in [1.54, 1.807) is 12.4 Å². The fourth-order valence-electron chi connectivity index (χ4n) is 7.82. The Labute approximate surface area is 376 Å². The van der Waals surface area contributed by atoms with E-state index in [-0.39, 0.29) is 0 Å². The largest absolute Gasteiger partial charge is 0.308 e. The van der Waals surface area contributed by atoms with E-state index in [9.17, 15) is 0 Å². The molecule has 0 radical (unpaired) electrons. The van der Waals surface area contributed by atoms with Crippen LogP contribution in [0.1, 0.15) is 25.8 Å². The van der Waals surface area contributed by atoms with Crippen LogP contribution in [0, 0.1) is 0 Å². The van der Waals surface area contributed by atoms with E-state index in [0.29, 0.717) is 0 Å². The molecule has 0 spiro atoms. The Kier molecular flexibility index (Phi) is 11.6. The Balaban J connectivity index is 0.000000159. The quantitative estimate of drug-likeness (QED) is 0.0952. The van der Waals surface area contributed by atoms with Gasteiger partial charge in [0.1, 0.15) is 0 Å². The third kappa shape index (κ3) is 8.12. The van der Waals surface area contributed by atoms with Gasteiger partial charge >= 0.3 is 0 Å². The van der Waals surface area contributed by atoms with Gasteiger partial charge in [-0.2, -0.15) is 0 Å². The molecule has 61 heavy (non-hydrogen) atoms. The number of fused-ring (bicyclic) bond motifs is 6. The Morgan fingerprint density at radius 3 is 1.70 bits per heavy atom. The van der Waals surface area contributed by atoms with Crippen LogP contribution in [0.15, 0.2) is 190 Å². The van der Waals surface area contributed by atoms with E-state index < -0.39 is 0 Å². The molecule has 4 aromatic carbocycles. The van der Waals surface area contributed by atoms with Crippen molar-refractivity contribution in [1.82, 2.24) is 29.1 Å². The lowest BCUT2D eigenvalue weighted by Gasteiger charge is -2.12. The SMILES string of the molecule is C/C=C(\C=C(\S)CC)c1cc(-c2cncc(S)c2)cc(-c2cncc(S)c2)c1.Sc1ccc(-n2c3ccc(-n4c5ccccc5c5ncccc54)cc3c3ncccc32)cc1. The number of rotatable bonds is 7. The van der Waals surface area contributed by atoms with Gasteiger partial charge in [-0.1, -0.05) is 31.2 Å². The summed E-state index contributed by atoms with van der Waals surface area (Å²) in [7, 11) is 0. The van der Waals surface area contributed by atoms with Crippen molar-refractivity contribution in [2.24, 2.45) is 0 Å². The predicted octanol–water partition coefficient (Wildman–Crippen LogP) is 14.0. The van der Waals surface area contributed by atoms with Gasteiger partial charge in [-0.3, -0.25) is 19.9 Å². The zero-order valence-corrected chi connectivity index (χ0v) is 36.9. The number of pyridine rings is 4. The molecule has 0 saturated heterocycles. The monoisotopic (exact) mass is 864 g/mol. The van der Waals surface area contributed by atoms with Crippen molar-refractivity contribution in [3.63, 3.8) is 0 Å². The normalized spacial score (nSPS) is 12.0. The smallest absolute Gasteiger partial charge is 0.0964 e. The van der Waals surface area contributed by atoms with E-state index in [2.05, 4.69) is 179 Å². The Morgan fingerprint density at radius 1 is 0.541 bits per heavy atom. The lowest BCUT2D eigenvalue weighted by atomic mass is 9.94. The van der Waals surface area contributed by atoms with Crippen LogP contribution in [-0.2, 0) is 0 Å². The van der Waals surface area contributed by atoms with Crippen LogP contribution < -0.4 is 0 Å². The maximum atomic E-state index is 4.76. The van der Waals surface area contributed by atoms with E-state index in [0.717, 1.165) is 115 Å². The van der Waals surface area contributed by atoms with Gasteiger partial charge in [0, 0.05) is 85.1 Å². The minimum atomic E-state index is 0.832. The molecule has 10 heteroatoms. The number of para-hydroxylation sites is 1. The predicted molar refractivity (Wildman–Crippen MR) is 266 cm³/mol. The zero-order valence-electron chi connectivity index (χ0n) is 33.3. The first-order valence-electron chi connectivity index (χ1n) is 19.8. The first kappa shape index (κ1) is 40.4. The van der Waals surface area contributed by atoms with Gasteiger partial charge in [0.25, 0.3) is 0 Å². The van der Waals surface area contributed by atoms with Crippen molar-refractivity contribution in [3.05, 3.63) is 181 Å². The lowest BCUT2D eigenvalue weighted by Crippen LogP contribution is -1.95. The van der Waals surface area contributed by atoms with Crippen LogP contribution in [-0.4, -0.2) is 29.1 Å². The molecule has 0 aliphatic rings. The first-order valence-corrected chi connectivity index (χ1v) is 21.6. The highest BCUT2D eigenvalue weighted by Gasteiger charge is 2.17. The third-order valence-electron chi connectivity index (χ3n) is 10.7. The Morgan fingerprint density at radius 2 is 1.10 bits per heavy atom. The second kappa shape index (κ2) is 17.5. The van der Waals surface area contributed by atoms with Crippen LogP contribution in [0.5, 0.6) is 0 Å². The van der Waals surface area contributed by atoms with E-state index in [4.69, 9.17) is 4.98 Å². The standard InChI is InChI=1S/C28H18N4S.C23H22N2S3/c33-20-12-9-18(10-13-20)31-24-14-11-19(17-22(24)28-26(31)8-4-16-30-28)32-23-6-2-1-5-21(23)27-25(32)7-3-15-29-27;1-3-15(8-21(26)4-2)16-5-17(19-9-22(27)13-24-11-19)7-18(6-16)20-10-23(28)14-25-12-20/h1-17,33H;3,5-14,26-28H,4H2,1-2H3/b;15-3+,21-8+. The summed E-state index contributed by atoms with van der Waals surface area (Å²) in [5.74, 6) is 0. The van der Waals surface area contributed by atoms with E-state index in [1.807, 2.05) is 68.1 Å². The Bertz CT molecular complexity index is 3190. The maximum absolute atomic E-state index is 4.76. The van der Waals surface area contributed by atoms with Gasteiger partial charge in [-0.05, 0) is 150 Å². The summed E-state index contributed by atoms with van der Waals surface area (Å²) in [6, 6.07) is 42.1. The summed E-state index contributed by atoms with van der Waals surface area (Å²) in [6.07, 6.45) is 16.0. The summed E-state index contributed by atoms with van der Waals surface area (Å²) in [6.45, 7) is 4.14. The summed E-state index contributed by atoms with van der Waals surface area (Å²) >= 11 is 17.9. The molecule has 0 unspecified atom stereocenters. The lowest BCUT2D eigenvalue weighted by molar-refractivity contribution is 1.16. The summed E-state index contributed by atoms with van der Waals surface area (Å²) in [4.78, 5) is 21.7. The number of nitrogens with zero attached hydrogens (tertiary/aromatic N) is 6. The molecule has 6 nitrogen and oxygen atoms in total. The molecule has 10 aromatic rings. The van der Waals surface area contributed by atoms with E-state index in [1.165, 1.54) is 0 Å².